The maximum atomic E-state index is 13.5. The highest BCUT2D eigenvalue weighted by molar-refractivity contribution is 5.96. The highest BCUT2D eigenvalue weighted by Gasteiger charge is 2.33. The summed E-state index contributed by atoms with van der Waals surface area (Å²) in [5.41, 5.74) is 0.560. The van der Waals surface area contributed by atoms with Gasteiger partial charge in [-0.3, -0.25) is 4.40 Å². The van der Waals surface area contributed by atoms with Gasteiger partial charge in [0.15, 0.2) is 0 Å². The van der Waals surface area contributed by atoms with Crippen LogP contribution in [0.5, 0.6) is 5.88 Å². The lowest BCUT2D eigenvalue weighted by Gasteiger charge is -2.17. The summed E-state index contributed by atoms with van der Waals surface area (Å²) in [6.45, 7) is 2.01. The first kappa shape index (κ1) is 22.3. The molecule has 9 heteroatoms. The van der Waals surface area contributed by atoms with Gasteiger partial charge in [0.05, 0.1) is 29.6 Å². The van der Waals surface area contributed by atoms with Crippen molar-refractivity contribution in [3.05, 3.63) is 89.2 Å². The number of aromatic carboxylic acids is 1. The zero-order valence-electron chi connectivity index (χ0n) is 17.4. The number of ether oxygens (including phenoxy) is 1. The van der Waals surface area contributed by atoms with E-state index in [1.54, 1.807) is 49.4 Å². The van der Waals surface area contributed by atoms with Crippen molar-refractivity contribution in [3.8, 4) is 17.0 Å². The number of aromatic nitrogens is 2. The predicted octanol–water partition coefficient (Wildman–Crippen LogP) is 5.20. The molecule has 0 radical (unpaired) electrons. The lowest BCUT2D eigenvalue weighted by atomic mass is 9.96. The van der Waals surface area contributed by atoms with Gasteiger partial charge in [-0.05, 0) is 41.8 Å². The number of hydrogen-bond acceptors (Lipinski definition) is 4. The Hall–Kier alpha value is -3.85. The van der Waals surface area contributed by atoms with Crippen LogP contribution in [0, 0.1) is 0 Å². The van der Waals surface area contributed by atoms with E-state index in [0.29, 0.717) is 16.7 Å². The number of benzene rings is 2. The van der Waals surface area contributed by atoms with E-state index in [2.05, 4.69) is 4.98 Å². The molecule has 0 spiro atoms. The van der Waals surface area contributed by atoms with Crippen LogP contribution in [0.3, 0.4) is 0 Å². The standard InChI is InChI=1S/C24H19F3N2O4/c1-2-33-21-13-29-19(11-16(24(25,26)27)12-20(29)28-21)22(30)15-9-7-14(8-10-15)17-5-3-4-6-18(17)23(31)32/h3-13,22,30H,2H2,1H3,(H,31,32)/t22-/m1/s1. The molecule has 170 valence electrons. The molecule has 2 aromatic heterocycles. The number of rotatable bonds is 6. The number of carboxylic acid groups (broad SMARTS) is 1. The molecule has 0 amide bonds. The monoisotopic (exact) mass is 456 g/mol. The number of imidazole rings is 1. The fourth-order valence-electron chi connectivity index (χ4n) is 3.62. The molecule has 0 saturated carbocycles. The smallest absolute Gasteiger partial charge is 0.416 e. The zero-order valence-corrected chi connectivity index (χ0v) is 17.4. The number of alkyl halides is 3. The molecule has 0 saturated heterocycles. The Bertz CT molecular complexity index is 1310. The number of pyridine rings is 1. The number of fused-ring (bicyclic) bond motifs is 1. The maximum Gasteiger partial charge on any atom is 0.416 e. The van der Waals surface area contributed by atoms with Crippen LogP contribution in [0.2, 0.25) is 0 Å². The van der Waals surface area contributed by atoms with Crippen LogP contribution < -0.4 is 4.74 Å². The summed E-state index contributed by atoms with van der Waals surface area (Å²) in [6.07, 6.45) is -4.60. The van der Waals surface area contributed by atoms with E-state index in [9.17, 15) is 28.2 Å². The molecule has 0 unspecified atom stereocenters. The normalized spacial score (nSPS) is 12.6. The first-order valence-electron chi connectivity index (χ1n) is 10.0. The minimum atomic E-state index is -4.63. The molecule has 4 aromatic rings. The third kappa shape index (κ3) is 4.40. The van der Waals surface area contributed by atoms with E-state index >= 15 is 0 Å². The van der Waals surface area contributed by atoms with Crippen LogP contribution in [0.25, 0.3) is 16.8 Å². The second-order valence-corrected chi connectivity index (χ2v) is 7.28. The third-order valence-corrected chi connectivity index (χ3v) is 5.17. The highest BCUT2D eigenvalue weighted by Crippen LogP contribution is 2.35. The Morgan fingerprint density at radius 3 is 2.45 bits per heavy atom. The first-order chi connectivity index (χ1) is 15.7. The summed E-state index contributed by atoms with van der Waals surface area (Å²) in [5, 5.41) is 20.4. The van der Waals surface area contributed by atoms with Crippen molar-refractivity contribution in [1.82, 2.24) is 9.38 Å². The number of carboxylic acids is 1. The summed E-state index contributed by atoms with van der Waals surface area (Å²) in [6, 6.07) is 14.6. The summed E-state index contributed by atoms with van der Waals surface area (Å²) < 4.78 is 47.1. The van der Waals surface area contributed by atoms with E-state index in [-0.39, 0.29) is 29.4 Å². The van der Waals surface area contributed by atoms with E-state index in [4.69, 9.17) is 4.74 Å². The average molecular weight is 456 g/mol. The van der Waals surface area contributed by atoms with Crippen LogP contribution in [0.15, 0.2) is 66.9 Å². The van der Waals surface area contributed by atoms with E-state index in [0.717, 1.165) is 12.1 Å². The van der Waals surface area contributed by atoms with Crippen molar-refractivity contribution in [2.75, 3.05) is 6.61 Å². The molecule has 1 atom stereocenters. The Balaban J connectivity index is 1.77. The Morgan fingerprint density at radius 2 is 1.82 bits per heavy atom. The highest BCUT2D eigenvalue weighted by atomic mass is 19.4. The molecule has 2 aromatic carbocycles. The fourth-order valence-corrected chi connectivity index (χ4v) is 3.62. The lowest BCUT2D eigenvalue weighted by molar-refractivity contribution is -0.137. The van der Waals surface area contributed by atoms with Crippen LogP contribution in [-0.2, 0) is 6.18 Å². The number of carbonyl (C=O) groups is 1. The summed E-state index contributed by atoms with van der Waals surface area (Å²) in [7, 11) is 0. The van der Waals surface area contributed by atoms with Gasteiger partial charge in [0.25, 0.3) is 0 Å². The molecule has 0 aliphatic heterocycles. The Kier molecular flexibility index (Phi) is 5.82. The van der Waals surface area contributed by atoms with Crippen LogP contribution in [-0.4, -0.2) is 32.2 Å². The average Bonchev–Trinajstić information content (AvgIpc) is 3.20. The van der Waals surface area contributed by atoms with Crippen LogP contribution in [0.1, 0.15) is 40.2 Å². The minimum absolute atomic E-state index is 0.00525. The Morgan fingerprint density at radius 1 is 1.12 bits per heavy atom. The van der Waals surface area contributed by atoms with Gasteiger partial charge >= 0.3 is 12.1 Å². The Labute approximate surface area is 186 Å². The minimum Gasteiger partial charge on any atom is -0.478 e. The van der Waals surface area contributed by atoms with Crippen molar-refractivity contribution in [2.45, 2.75) is 19.2 Å². The van der Waals surface area contributed by atoms with Crippen molar-refractivity contribution < 1.29 is 32.9 Å². The third-order valence-electron chi connectivity index (χ3n) is 5.17. The number of aliphatic hydroxyl groups is 1. The number of aliphatic hydroxyl groups excluding tert-OH is 1. The second-order valence-electron chi connectivity index (χ2n) is 7.28. The van der Waals surface area contributed by atoms with Crippen molar-refractivity contribution in [3.63, 3.8) is 0 Å². The van der Waals surface area contributed by atoms with Crippen LogP contribution >= 0.6 is 0 Å². The van der Waals surface area contributed by atoms with Gasteiger partial charge in [-0.15, -0.1) is 0 Å². The van der Waals surface area contributed by atoms with Gasteiger partial charge in [0.2, 0.25) is 5.88 Å². The molecule has 2 heterocycles. The molecule has 33 heavy (non-hydrogen) atoms. The maximum absolute atomic E-state index is 13.5. The predicted molar refractivity (Wildman–Crippen MR) is 114 cm³/mol. The molecule has 0 fully saturated rings. The van der Waals surface area contributed by atoms with E-state index < -0.39 is 23.8 Å². The molecule has 6 nitrogen and oxygen atoms in total. The molecule has 0 aliphatic carbocycles. The van der Waals surface area contributed by atoms with E-state index in [1.165, 1.54) is 16.7 Å². The second kappa shape index (κ2) is 8.59. The largest absolute Gasteiger partial charge is 0.478 e. The number of nitrogens with zero attached hydrogens (tertiary/aromatic N) is 2. The topological polar surface area (TPSA) is 84.1 Å². The molecule has 2 N–H and O–H groups in total. The van der Waals surface area contributed by atoms with Crippen molar-refractivity contribution in [2.24, 2.45) is 0 Å². The van der Waals surface area contributed by atoms with Gasteiger partial charge in [0, 0.05) is 0 Å². The zero-order chi connectivity index (χ0) is 23.8. The molecular formula is C24H19F3N2O4. The van der Waals surface area contributed by atoms with Gasteiger partial charge < -0.3 is 14.9 Å². The summed E-state index contributed by atoms with van der Waals surface area (Å²) >= 11 is 0. The fraction of sp³-hybridized carbons (Fsp3) is 0.167. The van der Waals surface area contributed by atoms with E-state index in [1.807, 2.05) is 0 Å². The number of halogens is 3. The van der Waals surface area contributed by atoms with Gasteiger partial charge in [0.1, 0.15) is 11.8 Å². The molecular weight excluding hydrogens is 437 g/mol. The molecule has 0 bridgehead atoms. The quantitative estimate of drug-likeness (QED) is 0.417. The summed E-state index contributed by atoms with van der Waals surface area (Å²) in [4.78, 5) is 15.6. The van der Waals surface area contributed by atoms with Crippen LogP contribution in [0.4, 0.5) is 13.2 Å². The lowest BCUT2D eigenvalue weighted by Crippen LogP contribution is -2.11. The number of hydrogen-bond donors (Lipinski definition) is 2. The summed E-state index contributed by atoms with van der Waals surface area (Å²) in [5.74, 6) is -0.933. The van der Waals surface area contributed by atoms with Gasteiger partial charge in [-0.1, -0.05) is 42.5 Å². The SMILES string of the molecule is CCOc1cn2c([C@H](O)c3ccc(-c4ccccc4C(=O)O)cc3)cc(C(F)(F)F)cc2n1. The van der Waals surface area contributed by atoms with Gasteiger partial charge in [-0.2, -0.15) is 18.2 Å². The molecule has 0 aliphatic rings. The first-order valence-corrected chi connectivity index (χ1v) is 10.0. The van der Waals surface area contributed by atoms with Gasteiger partial charge in [-0.25, -0.2) is 4.79 Å². The van der Waals surface area contributed by atoms with Crippen molar-refractivity contribution >= 4 is 11.6 Å². The molecule has 4 rings (SSSR count). The van der Waals surface area contributed by atoms with Crippen molar-refractivity contribution in [1.29, 1.82) is 0 Å².